The van der Waals surface area contributed by atoms with Crippen molar-refractivity contribution < 1.29 is 17.6 Å². The number of carbonyl (C=O) groups excluding carboxylic acids is 1. The molecule has 1 amide bonds. The van der Waals surface area contributed by atoms with Gasteiger partial charge in [-0.1, -0.05) is 12.8 Å². The lowest BCUT2D eigenvalue weighted by Gasteiger charge is -2.37. The van der Waals surface area contributed by atoms with Crippen molar-refractivity contribution in [1.82, 2.24) is 4.90 Å². The van der Waals surface area contributed by atoms with Crippen LogP contribution in [-0.4, -0.2) is 43.8 Å². The van der Waals surface area contributed by atoms with Crippen molar-refractivity contribution in [2.24, 2.45) is 0 Å². The molecule has 1 saturated carbocycles. The van der Waals surface area contributed by atoms with Crippen LogP contribution < -0.4 is 0 Å². The highest BCUT2D eigenvalue weighted by atomic mass is 32.2. The Hall–Kier alpha value is -1.30. The first kappa shape index (κ1) is 16.1. The largest absolute Gasteiger partial charge is 0.469 e. The van der Waals surface area contributed by atoms with E-state index in [4.69, 9.17) is 4.42 Å². The second kappa shape index (κ2) is 6.64. The summed E-state index contributed by atoms with van der Waals surface area (Å²) in [5.74, 6) is 0.756. The molecule has 1 aliphatic rings. The number of furan rings is 1. The zero-order valence-corrected chi connectivity index (χ0v) is 13.4. The van der Waals surface area contributed by atoms with Gasteiger partial charge in [-0.25, -0.2) is 8.42 Å². The van der Waals surface area contributed by atoms with Crippen LogP contribution in [0.3, 0.4) is 0 Å². The minimum atomic E-state index is -3.12. The molecule has 2 rings (SSSR count). The third kappa shape index (κ3) is 4.09. The monoisotopic (exact) mass is 313 g/mol. The van der Waals surface area contributed by atoms with Crippen LogP contribution in [0.4, 0.5) is 0 Å². The van der Waals surface area contributed by atoms with Gasteiger partial charge in [-0.2, -0.15) is 0 Å². The molecule has 2 unspecified atom stereocenters. The number of sulfone groups is 1. The van der Waals surface area contributed by atoms with Gasteiger partial charge in [0, 0.05) is 32.2 Å². The lowest BCUT2D eigenvalue weighted by molar-refractivity contribution is -0.132. The van der Waals surface area contributed by atoms with Crippen molar-refractivity contribution >= 4 is 15.7 Å². The van der Waals surface area contributed by atoms with E-state index in [-0.39, 0.29) is 11.9 Å². The van der Waals surface area contributed by atoms with Crippen LogP contribution >= 0.6 is 0 Å². The van der Waals surface area contributed by atoms with Crippen molar-refractivity contribution in [1.29, 1.82) is 0 Å². The Morgan fingerprint density at radius 1 is 1.38 bits per heavy atom. The predicted octanol–water partition coefficient (Wildman–Crippen LogP) is 2.03. The van der Waals surface area contributed by atoms with E-state index < -0.39 is 15.1 Å². The molecule has 5 nitrogen and oxygen atoms in total. The first-order valence-corrected chi connectivity index (χ1v) is 9.32. The van der Waals surface area contributed by atoms with Gasteiger partial charge in [0.05, 0.1) is 11.5 Å². The van der Waals surface area contributed by atoms with Crippen LogP contribution in [0, 0.1) is 0 Å². The summed E-state index contributed by atoms with van der Waals surface area (Å²) in [5, 5.41) is -0.427. The molecule has 0 spiro atoms. The fraction of sp³-hybridized carbons (Fsp3) is 0.667. The maximum atomic E-state index is 12.3. The molecule has 118 valence electrons. The van der Waals surface area contributed by atoms with Crippen molar-refractivity contribution in [2.75, 3.05) is 13.3 Å². The summed E-state index contributed by atoms with van der Waals surface area (Å²) in [6.07, 6.45) is 7.07. The van der Waals surface area contributed by atoms with Gasteiger partial charge in [0.25, 0.3) is 0 Å². The first-order valence-electron chi connectivity index (χ1n) is 7.36. The van der Waals surface area contributed by atoms with Gasteiger partial charge in [0.1, 0.15) is 5.76 Å². The Kier molecular flexibility index (Phi) is 5.08. The Bertz CT molecular complexity index is 565. The van der Waals surface area contributed by atoms with Crippen molar-refractivity contribution in [3.63, 3.8) is 0 Å². The van der Waals surface area contributed by atoms with E-state index >= 15 is 0 Å². The summed E-state index contributed by atoms with van der Waals surface area (Å²) in [4.78, 5) is 13.9. The summed E-state index contributed by atoms with van der Waals surface area (Å²) in [7, 11) is -1.40. The van der Waals surface area contributed by atoms with Gasteiger partial charge >= 0.3 is 0 Å². The van der Waals surface area contributed by atoms with E-state index in [1.54, 1.807) is 24.3 Å². The van der Waals surface area contributed by atoms with Crippen molar-refractivity contribution in [2.45, 2.75) is 49.8 Å². The van der Waals surface area contributed by atoms with Crippen LogP contribution in [-0.2, 0) is 21.1 Å². The minimum absolute atomic E-state index is 0.0213. The molecular formula is C15H23NO4S. The molecule has 1 aromatic heterocycles. The quantitative estimate of drug-likeness (QED) is 0.834. The van der Waals surface area contributed by atoms with Gasteiger partial charge < -0.3 is 9.32 Å². The summed E-state index contributed by atoms with van der Waals surface area (Å²) in [6, 6.07) is 3.44. The number of carbonyl (C=O) groups is 1. The molecule has 0 N–H and O–H groups in total. The Labute approximate surface area is 126 Å². The zero-order chi connectivity index (χ0) is 15.5. The average Bonchev–Trinajstić information content (AvgIpc) is 2.96. The third-order valence-corrected chi connectivity index (χ3v) is 5.92. The maximum absolute atomic E-state index is 12.3. The fourth-order valence-corrected chi connectivity index (χ4v) is 4.55. The molecule has 1 heterocycles. The molecule has 1 fully saturated rings. The van der Waals surface area contributed by atoms with Gasteiger partial charge in [0.15, 0.2) is 9.84 Å². The van der Waals surface area contributed by atoms with Gasteiger partial charge in [-0.05, 0) is 25.0 Å². The summed E-state index contributed by atoms with van der Waals surface area (Å²) < 4.78 is 29.0. The van der Waals surface area contributed by atoms with Crippen LogP contribution in [0.1, 0.15) is 37.9 Å². The molecule has 21 heavy (non-hydrogen) atoms. The molecule has 0 bridgehead atoms. The summed E-state index contributed by atoms with van der Waals surface area (Å²) in [5.41, 5.74) is 0. The Balaban J connectivity index is 1.99. The standard InChI is InChI=1S/C15H23NO4S/c1-16(15(17)10-9-12-6-5-11-20-12)13-7-3-4-8-14(13)21(2,18)19/h5-6,11,13-14H,3-4,7-10H2,1-2H3. The molecule has 1 aromatic rings. The molecule has 0 aliphatic heterocycles. The minimum Gasteiger partial charge on any atom is -0.469 e. The van der Waals surface area contributed by atoms with E-state index in [0.29, 0.717) is 19.3 Å². The lowest BCUT2D eigenvalue weighted by Crippen LogP contribution is -2.49. The SMILES string of the molecule is CN(C(=O)CCc1ccco1)C1CCCCC1S(C)(=O)=O. The second-order valence-electron chi connectivity index (χ2n) is 5.80. The van der Waals surface area contributed by atoms with Crippen molar-refractivity contribution in [3.8, 4) is 0 Å². The number of rotatable bonds is 5. The van der Waals surface area contributed by atoms with Crippen LogP contribution in [0.5, 0.6) is 0 Å². The van der Waals surface area contributed by atoms with Crippen LogP contribution in [0.25, 0.3) is 0 Å². The number of nitrogens with zero attached hydrogens (tertiary/aromatic N) is 1. The van der Waals surface area contributed by atoms with Gasteiger partial charge in [0.2, 0.25) is 5.91 Å². The molecule has 1 aliphatic carbocycles. The molecular weight excluding hydrogens is 290 g/mol. The normalized spacial score (nSPS) is 23.0. The highest BCUT2D eigenvalue weighted by Crippen LogP contribution is 2.27. The van der Waals surface area contributed by atoms with Gasteiger partial charge in [-0.3, -0.25) is 4.79 Å². The van der Waals surface area contributed by atoms with E-state index in [1.807, 2.05) is 6.07 Å². The van der Waals surface area contributed by atoms with E-state index in [9.17, 15) is 13.2 Å². The average molecular weight is 313 g/mol. The first-order chi connectivity index (χ1) is 9.89. The number of hydrogen-bond acceptors (Lipinski definition) is 4. The molecule has 0 aromatic carbocycles. The number of aryl methyl sites for hydroxylation is 1. The van der Waals surface area contributed by atoms with E-state index in [2.05, 4.69) is 0 Å². The fourth-order valence-electron chi connectivity index (χ4n) is 3.07. The van der Waals surface area contributed by atoms with E-state index in [1.165, 1.54) is 6.26 Å². The molecule has 0 saturated heterocycles. The summed E-state index contributed by atoms with van der Waals surface area (Å²) in [6.45, 7) is 0. The number of hydrogen-bond donors (Lipinski definition) is 0. The molecule has 2 atom stereocenters. The topological polar surface area (TPSA) is 67.6 Å². The van der Waals surface area contributed by atoms with Crippen LogP contribution in [0.2, 0.25) is 0 Å². The van der Waals surface area contributed by atoms with E-state index in [0.717, 1.165) is 25.0 Å². The molecule has 6 heteroatoms. The highest BCUT2D eigenvalue weighted by Gasteiger charge is 2.36. The third-order valence-electron chi connectivity index (χ3n) is 4.27. The van der Waals surface area contributed by atoms with Crippen LogP contribution in [0.15, 0.2) is 22.8 Å². The lowest BCUT2D eigenvalue weighted by atomic mass is 9.93. The highest BCUT2D eigenvalue weighted by molar-refractivity contribution is 7.91. The zero-order valence-electron chi connectivity index (χ0n) is 12.6. The van der Waals surface area contributed by atoms with Crippen molar-refractivity contribution in [3.05, 3.63) is 24.2 Å². The predicted molar refractivity (Wildman–Crippen MR) is 80.7 cm³/mol. The Morgan fingerprint density at radius 2 is 2.10 bits per heavy atom. The smallest absolute Gasteiger partial charge is 0.223 e. The maximum Gasteiger partial charge on any atom is 0.223 e. The summed E-state index contributed by atoms with van der Waals surface area (Å²) >= 11 is 0. The second-order valence-corrected chi connectivity index (χ2v) is 8.07. The molecule has 0 radical (unpaired) electrons. The number of amides is 1. The van der Waals surface area contributed by atoms with Gasteiger partial charge in [-0.15, -0.1) is 0 Å². The Morgan fingerprint density at radius 3 is 2.71 bits per heavy atom.